The van der Waals surface area contributed by atoms with Crippen LogP contribution in [0.1, 0.15) is 24.0 Å². The van der Waals surface area contributed by atoms with Gasteiger partial charge in [0.25, 0.3) is 5.91 Å². The summed E-state index contributed by atoms with van der Waals surface area (Å²) in [6, 6.07) is 14.1. The summed E-state index contributed by atoms with van der Waals surface area (Å²) in [5.41, 5.74) is 2.20. The number of rotatable bonds is 7. The summed E-state index contributed by atoms with van der Waals surface area (Å²) in [6.07, 6.45) is 2.13. The van der Waals surface area contributed by atoms with Crippen molar-refractivity contribution in [2.75, 3.05) is 13.7 Å². The van der Waals surface area contributed by atoms with Crippen molar-refractivity contribution in [2.45, 2.75) is 32.4 Å². The minimum absolute atomic E-state index is 0.00473. The molecule has 0 bridgehead atoms. The molecule has 0 unspecified atom stereocenters. The van der Waals surface area contributed by atoms with Gasteiger partial charge in [0.1, 0.15) is 0 Å². The van der Waals surface area contributed by atoms with E-state index in [1.54, 1.807) is 7.11 Å². The molecule has 1 saturated carbocycles. The summed E-state index contributed by atoms with van der Waals surface area (Å²) in [6.45, 7) is 2.62. The molecule has 3 rings (SSSR count). The van der Waals surface area contributed by atoms with Gasteiger partial charge in [0.2, 0.25) is 0 Å². The summed E-state index contributed by atoms with van der Waals surface area (Å²) < 4.78 is 12.1. The van der Waals surface area contributed by atoms with E-state index >= 15 is 0 Å². The van der Waals surface area contributed by atoms with Crippen molar-refractivity contribution in [1.29, 1.82) is 0 Å². The molecule has 4 nitrogen and oxygen atoms in total. The number of nitrogens with zero attached hydrogens (tertiary/aromatic N) is 1. The number of hydrogen-bond donors (Lipinski definition) is 0. The lowest BCUT2D eigenvalue weighted by Gasteiger charge is -2.23. The topological polar surface area (TPSA) is 38.8 Å². The van der Waals surface area contributed by atoms with Gasteiger partial charge in [-0.25, -0.2) is 0 Å². The molecule has 132 valence electrons. The number of halogens is 1. The van der Waals surface area contributed by atoms with E-state index in [0.717, 1.165) is 28.4 Å². The van der Waals surface area contributed by atoms with Crippen LogP contribution in [0, 0.1) is 6.92 Å². The number of ether oxygens (including phenoxy) is 2. The van der Waals surface area contributed by atoms with E-state index in [1.807, 2.05) is 54.3 Å². The molecule has 5 heteroatoms. The molecule has 2 aromatic rings. The summed E-state index contributed by atoms with van der Waals surface area (Å²) in [5, 5.41) is 0. The molecule has 2 aromatic carbocycles. The summed E-state index contributed by atoms with van der Waals surface area (Å²) in [7, 11) is 1.60. The molecule has 0 radical (unpaired) electrons. The number of carbonyl (C=O) groups is 1. The van der Waals surface area contributed by atoms with Gasteiger partial charge in [-0.05, 0) is 55.2 Å². The summed E-state index contributed by atoms with van der Waals surface area (Å²) in [5.74, 6) is 1.25. The zero-order valence-electron chi connectivity index (χ0n) is 14.5. The Morgan fingerprint density at radius 2 is 2.00 bits per heavy atom. The molecule has 0 heterocycles. The summed E-state index contributed by atoms with van der Waals surface area (Å²) >= 11 is 3.48. The lowest BCUT2D eigenvalue weighted by Crippen LogP contribution is -2.36. The van der Waals surface area contributed by atoms with Gasteiger partial charge in [0, 0.05) is 17.1 Å². The van der Waals surface area contributed by atoms with E-state index < -0.39 is 0 Å². The van der Waals surface area contributed by atoms with Crippen molar-refractivity contribution in [3.8, 4) is 11.5 Å². The molecule has 0 aromatic heterocycles. The van der Waals surface area contributed by atoms with E-state index in [2.05, 4.69) is 15.9 Å². The third-order valence-electron chi connectivity index (χ3n) is 4.22. The Morgan fingerprint density at radius 1 is 1.20 bits per heavy atom. The van der Waals surface area contributed by atoms with E-state index in [1.165, 1.54) is 0 Å². The van der Waals surface area contributed by atoms with Crippen LogP contribution in [0.15, 0.2) is 46.9 Å². The highest BCUT2D eigenvalue weighted by Gasteiger charge is 2.32. The van der Waals surface area contributed by atoms with Crippen LogP contribution in [0.5, 0.6) is 11.5 Å². The van der Waals surface area contributed by atoms with Gasteiger partial charge in [0.15, 0.2) is 18.1 Å². The monoisotopic (exact) mass is 403 g/mol. The largest absolute Gasteiger partial charge is 0.493 e. The van der Waals surface area contributed by atoms with Crippen LogP contribution in [-0.2, 0) is 11.3 Å². The zero-order valence-corrected chi connectivity index (χ0v) is 16.1. The smallest absolute Gasteiger partial charge is 0.261 e. The normalized spacial score (nSPS) is 13.4. The minimum atomic E-state index is 0.00473. The SMILES string of the molecule is COc1cc(C)ccc1OCC(=O)N(Cc1cccc(Br)c1)C1CC1. The van der Waals surface area contributed by atoms with Crippen LogP contribution >= 0.6 is 15.9 Å². The maximum Gasteiger partial charge on any atom is 0.261 e. The highest BCUT2D eigenvalue weighted by molar-refractivity contribution is 9.10. The number of methoxy groups -OCH3 is 1. The molecule has 1 amide bonds. The van der Waals surface area contributed by atoms with Crippen molar-refractivity contribution in [3.63, 3.8) is 0 Å². The first kappa shape index (κ1) is 17.8. The van der Waals surface area contributed by atoms with Crippen LogP contribution < -0.4 is 9.47 Å². The van der Waals surface area contributed by atoms with Gasteiger partial charge < -0.3 is 14.4 Å². The molecule has 1 aliphatic carbocycles. The lowest BCUT2D eigenvalue weighted by atomic mass is 10.2. The minimum Gasteiger partial charge on any atom is -0.493 e. The molecule has 0 atom stereocenters. The van der Waals surface area contributed by atoms with Crippen LogP contribution in [0.25, 0.3) is 0 Å². The fourth-order valence-electron chi connectivity index (χ4n) is 2.76. The Labute approximate surface area is 156 Å². The van der Waals surface area contributed by atoms with E-state index in [4.69, 9.17) is 9.47 Å². The van der Waals surface area contributed by atoms with Crippen LogP contribution in [0.3, 0.4) is 0 Å². The molecule has 1 aliphatic rings. The standard InChI is InChI=1S/C20H22BrNO3/c1-14-6-9-18(19(10-14)24-2)25-13-20(23)22(17-7-8-17)12-15-4-3-5-16(21)11-15/h3-6,9-11,17H,7-8,12-13H2,1-2H3. The highest BCUT2D eigenvalue weighted by Crippen LogP contribution is 2.30. The quantitative estimate of drug-likeness (QED) is 0.690. The third kappa shape index (κ3) is 4.75. The van der Waals surface area contributed by atoms with Gasteiger partial charge in [-0.15, -0.1) is 0 Å². The Kier molecular flexibility index (Phi) is 5.63. The predicted molar refractivity (Wildman–Crippen MR) is 101 cm³/mol. The van der Waals surface area contributed by atoms with Crippen LogP contribution in [-0.4, -0.2) is 30.6 Å². The first-order chi connectivity index (χ1) is 12.1. The Hall–Kier alpha value is -2.01. The second-order valence-corrected chi connectivity index (χ2v) is 7.24. The first-order valence-corrected chi connectivity index (χ1v) is 9.17. The Balaban J connectivity index is 1.65. The molecule has 0 N–H and O–H groups in total. The fraction of sp³-hybridized carbons (Fsp3) is 0.350. The number of hydrogen-bond acceptors (Lipinski definition) is 3. The second kappa shape index (κ2) is 7.91. The van der Waals surface area contributed by atoms with Gasteiger partial charge >= 0.3 is 0 Å². The lowest BCUT2D eigenvalue weighted by molar-refractivity contribution is -0.134. The number of aryl methyl sites for hydroxylation is 1. The molecule has 0 aliphatic heterocycles. The molecule has 1 fully saturated rings. The number of benzene rings is 2. The van der Waals surface area contributed by atoms with Gasteiger partial charge in [-0.3, -0.25) is 4.79 Å². The van der Waals surface area contributed by atoms with E-state index in [9.17, 15) is 4.79 Å². The zero-order chi connectivity index (χ0) is 17.8. The maximum atomic E-state index is 12.7. The molecule has 25 heavy (non-hydrogen) atoms. The average molecular weight is 404 g/mol. The fourth-order valence-corrected chi connectivity index (χ4v) is 3.20. The van der Waals surface area contributed by atoms with E-state index in [-0.39, 0.29) is 12.5 Å². The maximum absolute atomic E-state index is 12.7. The molecule has 0 spiro atoms. The Morgan fingerprint density at radius 3 is 2.68 bits per heavy atom. The number of carbonyl (C=O) groups excluding carboxylic acids is 1. The van der Waals surface area contributed by atoms with Crippen LogP contribution in [0.4, 0.5) is 0 Å². The van der Waals surface area contributed by atoms with Gasteiger partial charge in [0.05, 0.1) is 7.11 Å². The van der Waals surface area contributed by atoms with Crippen molar-refractivity contribution < 1.29 is 14.3 Å². The van der Waals surface area contributed by atoms with Crippen molar-refractivity contribution in [3.05, 3.63) is 58.1 Å². The molecular formula is C20H22BrNO3. The van der Waals surface area contributed by atoms with Gasteiger partial charge in [-0.2, -0.15) is 0 Å². The molecule has 0 saturated heterocycles. The highest BCUT2D eigenvalue weighted by atomic mass is 79.9. The van der Waals surface area contributed by atoms with Gasteiger partial charge in [-0.1, -0.05) is 34.1 Å². The average Bonchev–Trinajstić information content (AvgIpc) is 3.43. The molecular weight excluding hydrogens is 382 g/mol. The van der Waals surface area contributed by atoms with Crippen LogP contribution in [0.2, 0.25) is 0 Å². The van der Waals surface area contributed by atoms with Crippen molar-refractivity contribution in [1.82, 2.24) is 4.90 Å². The third-order valence-corrected chi connectivity index (χ3v) is 4.71. The predicted octanol–water partition coefficient (Wildman–Crippen LogP) is 4.34. The van der Waals surface area contributed by atoms with E-state index in [0.29, 0.717) is 24.1 Å². The van der Waals surface area contributed by atoms with Crippen molar-refractivity contribution >= 4 is 21.8 Å². The first-order valence-electron chi connectivity index (χ1n) is 8.38. The van der Waals surface area contributed by atoms with Crippen molar-refractivity contribution in [2.24, 2.45) is 0 Å². The Bertz CT molecular complexity index is 758. The number of amides is 1. The summed E-state index contributed by atoms with van der Waals surface area (Å²) in [4.78, 5) is 14.6. The second-order valence-electron chi connectivity index (χ2n) is 6.33.